The van der Waals surface area contributed by atoms with Crippen LogP contribution in [0.1, 0.15) is 6.92 Å². The van der Waals surface area contributed by atoms with E-state index in [0.717, 1.165) is 0 Å². The molecule has 3 nitrogen and oxygen atoms in total. The van der Waals surface area contributed by atoms with E-state index < -0.39 is 0 Å². The Morgan fingerprint density at radius 3 is 2.73 bits per heavy atom. The summed E-state index contributed by atoms with van der Waals surface area (Å²) >= 11 is 1.59. The number of carbonyl (C=O) groups is 1. The van der Waals surface area contributed by atoms with Crippen LogP contribution < -0.4 is 0 Å². The van der Waals surface area contributed by atoms with E-state index in [1.165, 1.54) is 7.11 Å². The normalized spacial score (nSPS) is 12.6. The molecule has 0 saturated heterocycles. The zero-order valence-electron chi connectivity index (χ0n) is 7.12. The second-order valence-electron chi connectivity index (χ2n) is 2.20. The molecule has 0 aromatic heterocycles. The first kappa shape index (κ1) is 10.8. The highest BCUT2D eigenvalue weighted by Crippen LogP contribution is 2.00. The highest BCUT2D eigenvalue weighted by Gasteiger charge is 2.12. The molecule has 0 aliphatic heterocycles. The predicted octanol–water partition coefficient (Wildman–Crippen LogP) is 1.13. The van der Waals surface area contributed by atoms with E-state index in [1.807, 2.05) is 6.26 Å². The average Bonchev–Trinajstić information content (AvgIpc) is 2.03. The van der Waals surface area contributed by atoms with Crippen LogP contribution in [-0.4, -0.2) is 31.9 Å². The topological polar surface area (TPSA) is 35.5 Å². The Balaban J connectivity index is 3.36. The van der Waals surface area contributed by atoms with Gasteiger partial charge in [-0.3, -0.25) is 4.79 Å². The first-order chi connectivity index (χ1) is 5.22. The molecular formula is C7H14O3S. The van der Waals surface area contributed by atoms with Gasteiger partial charge in [-0.2, -0.15) is 0 Å². The molecule has 0 spiro atoms. The summed E-state index contributed by atoms with van der Waals surface area (Å²) in [5.74, 6) is 0.250. The van der Waals surface area contributed by atoms with Crippen molar-refractivity contribution in [3.05, 3.63) is 0 Å². The summed E-state index contributed by atoms with van der Waals surface area (Å²) in [4.78, 5) is 10.8. The van der Waals surface area contributed by atoms with Gasteiger partial charge in [0.2, 0.25) is 0 Å². The second-order valence-corrected chi connectivity index (χ2v) is 3.01. The Hall–Kier alpha value is -0.220. The van der Waals surface area contributed by atoms with Gasteiger partial charge in [-0.25, -0.2) is 0 Å². The molecule has 0 aromatic rings. The van der Waals surface area contributed by atoms with Crippen molar-refractivity contribution >= 4 is 17.7 Å². The molecule has 0 N–H and O–H groups in total. The first-order valence-corrected chi connectivity index (χ1v) is 4.76. The highest BCUT2D eigenvalue weighted by atomic mass is 32.2. The molecule has 0 saturated carbocycles. The smallest absolute Gasteiger partial charge is 0.310 e. The summed E-state index contributed by atoms with van der Waals surface area (Å²) in [5, 5.41) is 0. The first-order valence-electron chi connectivity index (χ1n) is 3.37. The van der Waals surface area contributed by atoms with Crippen LogP contribution in [0.5, 0.6) is 0 Å². The largest absolute Gasteiger partial charge is 0.469 e. The van der Waals surface area contributed by atoms with Crippen LogP contribution in [0.3, 0.4) is 0 Å². The Morgan fingerprint density at radius 1 is 1.64 bits per heavy atom. The van der Waals surface area contributed by atoms with E-state index >= 15 is 0 Å². The molecule has 0 heterocycles. The van der Waals surface area contributed by atoms with Gasteiger partial charge >= 0.3 is 5.97 Å². The summed E-state index contributed by atoms with van der Waals surface area (Å²) in [5.41, 5.74) is 0. The van der Waals surface area contributed by atoms with Gasteiger partial charge in [0.1, 0.15) is 0 Å². The monoisotopic (exact) mass is 178 g/mol. The van der Waals surface area contributed by atoms with Crippen molar-refractivity contribution in [1.82, 2.24) is 0 Å². The van der Waals surface area contributed by atoms with Crippen molar-refractivity contribution in [2.24, 2.45) is 5.92 Å². The number of rotatable bonds is 5. The third-order valence-electron chi connectivity index (χ3n) is 1.17. The highest BCUT2D eigenvalue weighted by molar-refractivity contribution is 7.98. The predicted molar refractivity (Wildman–Crippen MR) is 45.5 cm³/mol. The van der Waals surface area contributed by atoms with Gasteiger partial charge in [0.15, 0.2) is 0 Å². The van der Waals surface area contributed by atoms with E-state index in [9.17, 15) is 4.79 Å². The zero-order valence-corrected chi connectivity index (χ0v) is 7.94. The molecule has 0 aliphatic carbocycles. The van der Waals surface area contributed by atoms with Crippen LogP contribution in [0.25, 0.3) is 0 Å². The lowest BCUT2D eigenvalue weighted by Crippen LogP contribution is -2.18. The minimum absolute atomic E-state index is 0.160. The van der Waals surface area contributed by atoms with Crippen LogP contribution in [0.15, 0.2) is 0 Å². The van der Waals surface area contributed by atoms with Crippen molar-refractivity contribution in [2.75, 3.05) is 25.9 Å². The standard InChI is InChI=1S/C7H14O3S/c1-6(7(8)9-2)4-10-5-11-3/h6H,4-5H2,1-3H3. The molecule has 0 amide bonds. The van der Waals surface area contributed by atoms with Crippen molar-refractivity contribution < 1.29 is 14.3 Å². The fourth-order valence-corrected chi connectivity index (χ4v) is 0.840. The molecule has 11 heavy (non-hydrogen) atoms. The van der Waals surface area contributed by atoms with Crippen molar-refractivity contribution in [3.63, 3.8) is 0 Å². The van der Waals surface area contributed by atoms with Gasteiger partial charge < -0.3 is 9.47 Å². The SMILES string of the molecule is COC(=O)C(C)COCSC. The van der Waals surface area contributed by atoms with Crippen molar-refractivity contribution in [3.8, 4) is 0 Å². The van der Waals surface area contributed by atoms with Crippen molar-refractivity contribution in [1.29, 1.82) is 0 Å². The van der Waals surface area contributed by atoms with Gasteiger partial charge in [-0.15, -0.1) is 11.8 Å². The molecule has 4 heteroatoms. The van der Waals surface area contributed by atoms with E-state index in [-0.39, 0.29) is 11.9 Å². The Bertz CT molecular complexity index is 116. The zero-order chi connectivity index (χ0) is 8.69. The van der Waals surface area contributed by atoms with Crippen LogP contribution >= 0.6 is 11.8 Å². The number of hydrogen-bond acceptors (Lipinski definition) is 4. The maximum absolute atomic E-state index is 10.8. The van der Waals surface area contributed by atoms with Crippen LogP contribution in [0.4, 0.5) is 0 Å². The number of hydrogen-bond donors (Lipinski definition) is 0. The Morgan fingerprint density at radius 2 is 2.27 bits per heavy atom. The quantitative estimate of drug-likeness (QED) is 0.359. The molecule has 66 valence electrons. The minimum atomic E-state index is -0.217. The fraction of sp³-hybridized carbons (Fsp3) is 0.857. The third-order valence-corrected chi connectivity index (χ3v) is 1.57. The van der Waals surface area contributed by atoms with Gasteiger partial charge in [-0.05, 0) is 13.2 Å². The average molecular weight is 178 g/mol. The fourth-order valence-electron chi connectivity index (χ4n) is 0.577. The van der Waals surface area contributed by atoms with E-state index in [0.29, 0.717) is 12.5 Å². The van der Waals surface area contributed by atoms with Gasteiger partial charge in [0.05, 0.1) is 25.6 Å². The maximum atomic E-state index is 10.8. The van der Waals surface area contributed by atoms with Crippen LogP contribution in [0.2, 0.25) is 0 Å². The summed E-state index contributed by atoms with van der Waals surface area (Å²) in [6.07, 6.45) is 1.95. The van der Waals surface area contributed by atoms with E-state index in [4.69, 9.17) is 4.74 Å². The summed E-state index contributed by atoms with van der Waals surface area (Å²) in [7, 11) is 1.38. The number of carbonyl (C=O) groups excluding carboxylic acids is 1. The minimum Gasteiger partial charge on any atom is -0.469 e. The third kappa shape index (κ3) is 5.09. The molecule has 0 fully saturated rings. The number of methoxy groups -OCH3 is 1. The molecule has 1 unspecified atom stereocenters. The second kappa shape index (κ2) is 6.49. The summed E-state index contributed by atoms with van der Waals surface area (Å²) in [6, 6.07) is 0. The Labute approximate surface area is 71.4 Å². The molecular weight excluding hydrogens is 164 g/mol. The summed E-state index contributed by atoms with van der Waals surface area (Å²) < 4.78 is 9.65. The van der Waals surface area contributed by atoms with E-state index in [1.54, 1.807) is 18.7 Å². The molecule has 0 aliphatic rings. The molecule has 1 atom stereocenters. The summed E-state index contributed by atoms with van der Waals surface area (Å²) in [6.45, 7) is 2.22. The lowest BCUT2D eigenvalue weighted by atomic mass is 10.2. The van der Waals surface area contributed by atoms with Gasteiger partial charge in [0.25, 0.3) is 0 Å². The van der Waals surface area contributed by atoms with E-state index in [2.05, 4.69) is 4.74 Å². The lowest BCUT2D eigenvalue weighted by molar-refractivity contribution is -0.146. The number of thioether (sulfide) groups is 1. The van der Waals surface area contributed by atoms with Gasteiger partial charge in [-0.1, -0.05) is 0 Å². The number of ether oxygens (including phenoxy) is 2. The van der Waals surface area contributed by atoms with Crippen LogP contribution in [0, 0.1) is 5.92 Å². The molecule has 0 rings (SSSR count). The van der Waals surface area contributed by atoms with Crippen molar-refractivity contribution in [2.45, 2.75) is 6.92 Å². The molecule has 0 radical (unpaired) electrons. The van der Waals surface area contributed by atoms with Gasteiger partial charge in [0, 0.05) is 0 Å². The van der Waals surface area contributed by atoms with Crippen LogP contribution in [-0.2, 0) is 14.3 Å². The lowest BCUT2D eigenvalue weighted by Gasteiger charge is -2.08. The Kier molecular flexibility index (Phi) is 6.36. The maximum Gasteiger partial charge on any atom is 0.310 e. The molecule has 0 aromatic carbocycles. The molecule has 0 bridgehead atoms. The number of esters is 1.